The summed E-state index contributed by atoms with van der Waals surface area (Å²) in [5, 5.41) is 17.3. The quantitative estimate of drug-likeness (QED) is 0.822. The van der Waals surface area contributed by atoms with Gasteiger partial charge in [-0.25, -0.2) is 4.68 Å². The number of amides is 1. The molecule has 0 aromatic carbocycles. The van der Waals surface area contributed by atoms with Crippen molar-refractivity contribution in [1.29, 1.82) is 0 Å². The first kappa shape index (κ1) is 16.0. The molecule has 0 spiro atoms. The maximum absolute atomic E-state index is 11.8. The second-order valence-electron chi connectivity index (χ2n) is 5.60. The molecule has 0 aliphatic heterocycles. The zero-order chi connectivity index (χ0) is 15.3. The van der Waals surface area contributed by atoms with Crippen molar-refractivity contribution in [1.82, 2.24) is 25.5 Å². The number of nitrogens with zero attached hydrogens (tertiary/aromatic N) is 4. The lowest BCUT2D eigenvalue weighted by Gasteiger charge is -2.20. The first-order chi connectivity index (χ1) is 9.94. The van der Waals surface area contributed by atoms with Gasteiger partial charge in [-0.3, -0.25) is 4.79 Å². The first-order valence-corrected chi connectivity index (χ1v) is 8.53. The van der Waals surface area contributed by atoms with E-state index in [2.05, 4.69) is 32.3 Å². The molecule has 0 saturated carbocycles. The highest BCUT2D eigenvalue weighted by Crippen LogP contribution is 2.15. The zero-order valence-electron chi connectivity index (χ0n) is 12.4. The van der Waals surface area contributed by atoms with Gasteiger partial charge in [0.2, 0.25) is 11.1 Å². The van der Waals surface area contributed by atoms with E-state index in [0.29, 0.717) is 10.9 Å². The van der Waals surface area contributed by atoms with Crippen molar-refractivity contribution in [2.45, 2.75) is 44.4 Å². The molecule has 114 valence electrons. The number of carbonyl (C=O) groups excluding carboxylic acids is 1. The maximum atomic E-state index is 11.8. The number of thiophene rings is 1. The Morgan fingerprint density at radius 1 is 1.48 bits per heavy atom. The average Bonchev–Trinajstić information content (AvgIpc) is 3.03. The van der Waals surface area contributed by atoms with Crippen LogP contribution in [0.1, 0.15) is 25.6 Å². The van der Waals surface area contributed by atoms with Crippen LogP contribution in [0.2, 0.25) is 0 Å². The predicted molar refractivity (Wildman–Crippen MR) is 84.5 cm³/mol. The van der Waals surface area contributed by atoms with E-state index in [0.717, 1.165) is 13.0 Å². The van der Waals surface area contributed by atoms with Gasteiger partial charge >= 0.3 is 0 Å². The van der Waals surface area contributed by atoms with Gasteiger partial charge in [-0.1, -0.05) is 17.8 Å². The Kier molecular flexibility index (Phi) is 5.35. The minimum Gasteiger partial charge on any atom is -0.351 e. The van der Waals surface area contributed by atoms with E-state index >= 15 is 0 Å². The number of nitrogens with one attached hydrogen (secondary N) is 1. The summed E-state index contributed by atoms with van der Waals surface area (Å²) in [4.78, 5) is 13.1. The Morgan fingerprint density at radius 2 is 2.29 bits per heavy atom. The molecule has 1 N–H and O–H groups in total. The van der Waals surface area contributed by atoms with Gasteiger partial charge < -0.3 is 5.32 Å². The van der Waals surface area contributed by atoms with Crippen molar-refractivity contribution in [2.24, 2.45) is 0 Å². The van der Waals surface area contributed by atoms with E-state index in [1.165, 1.54) is 16.6 Å². The van der Waals surface area contributed by atoms with Crippen molar-refractivity contribution in [3.63, 3.8) is 0 Å². The molecule has 0 atom stereocenters. The minimum atomic E-state index is -0.220. The SMILES string of the molecule is CC(C)(C)NC(=O)CSc1nnnn1CCc1cccs1. The summed E-state index contributed by atoms with van der Waals surface area (Å²) in [6.07, 6.45) is 0.893. The van der Waals surface area contributed by atoms with E-state index in [1.54, 1.807) is 16.0 Å². The summed E-state index contributed by atoms with van der Waals surface area (Å²) >= 11 is 3.08. The van der Waals surface area contributed by atoms with Crippen LogP contribution in [0.15, 0.2) is 22.7 Å². The van der Waals surface area contributed by atoms with Gasteiger partial charge in [0, 0.05) is 16.8 Å². The van der Waals surface area contributed by atoms with Crippen LogP contribution in [-0.2, 0) is 17.8 Å². The van der Waals surface area contributed by atoms with Crippen LogP contribution in [0.25, 0.3) is 0 Å². The van der Waals surface area contributed by atoms with E-state index < -0.39 is 0 Å². The third-order valence-corrected chi connectivity index (χ3v) is 4.39. The Labute approximate surface area is 132 Å². The Balaban J connectivity index is 1.84. The molecule has 1 amide bonds. The molecule has 0 unspecified atom stereocenters. The molecule has 0 fully saturated rings. The van der Waals surface area contributed by atoms with Gasteiger partial charge in [0.1, 0.15) is 0 Å². The van der Waals surface area contributed by atoms with E-state index in [9.17, 15) is 4.79 Å². The standard InChI is InChI=1S/C13H19N5OS2/c1-13(2,3)14-11(19)9-21-12-15-16-17-18(12)7-6-10-5-4-8-20-10/h4-5,8H,6-7,9H2,1-3H3,(H,14,19). The number of rotatable bonds is 6. The molecule has 0 radical (unpaired) electrons. The third kappa shape index (κ3) is 5.47. The lowest BCUT2D eigenvalue weighted by Crippen LogP contribution is -2.41. The fourth-order valence-corrected chi connectivity index (χ4v) is 3.10. The topological polar surface area (TPSA) is 72.7 Å². The minimum absolute atomic E-state index is 0.0136. The molecule has 2 aromatic heterocycles. The molecule has 0 aliphatic rings. The van der Waals surface area contributed by atoms with Crippen LogP contribution in [0.5, 0.6) is 0 Å². The Hall–Kier alpha value is -1.41. The second kappa shape index (κ2) is 7.04. The van der Waals surface area contributed by atoms with Crippen molar-refractivity contribution >= 4 is 29.0 Å². The van der Waals surface area contributed by atoms with Crippen LogP contribution in [0, 0.1) is 0 Å². The van der Waals surface area contributed by atoms with E-state index in [4.69, 9.17) is 0 Å². The normalized spacial score (nSPS) is 11.6. The van der Waals surface area contributed by atoms with Gasteiger partial charge in [0.05, 0.1) is 12.3 Å². The molecule has 0 aliphatic carbocycles. The molecule has 2 aromatic rings. The van der Waals surface area contributed by atoms with Gasteiger partial charge in [-0.2, -0.15) is 0 Å². The lowest BCUT2D eigenvalue weighted by atomic mass is 10.1. The lowest BCUT2D eigenvalue weighted by molar-refractivity contribution is -0.119. The van der Waals surface area contributed by atoms with E-state index in [-0.39, 0.29) is 11.4 Å². The van der Waals surface area contributed by atoms with Gasteiger partial charge in [-0.15, -0.1) is 16.4 Å². The van der Waals surface area contributed by atoms with Gasteiger partial charge in [0.15, 0.2) is 0 Å². The number of hydrogen-bond acceptors (Lipinski definition) is 6. The number of carbonyl (C=O) groups is 1. The fraction of sp³-hybridized carbons (Fsp3) is 0.538. The third-order valence-electron chi connectivity index (χ3n) is 2.50. The van der Waals surface area contributed by atoms with Crippen molar-refractivity contribution < 1.29 is 4.79 Å². The number of aryl methyl sites for hydroxylation is 2. The van der Waals surface area contributed by atoms with Crippen LogP contribution >= 0.6 is 23.1 Å². The predicted octanol–water partition coefficient (Wildman–Crippen LogP) is 1.98. The largest absolute Gasteiger partial charge is 0.351 e. The number of hydrogen-bond donors (Lipinski definition) is 1. The molecule has 0 saturated heterocycles. The van der Waals surface area contributed by atoms with Gasteiger partial charge in [-0.05, 0) is 42.6 Å². The van der Waals surface area contributed by atoms with Crippen LogP contribution in [0.3, 0.4) is 0 Å². The number of thioether (sulfide) groups is 1. The first-order valence-electron chi connectivity index (χ1n) is 6.66. The maximum Gasteiger partial charge on any atom is 0.230 e. The molecule has 0 bridgehead atoms. The highest BCUT2D eigenvalue weighted by Gasteiger charge is 2.15. The average molecular weight is 325 g/mol. The number of tetrazole rings is 1. The Bertz CT molecular complexity index is 574. The fourth-order valence-electron chi connectivity index (χ4n) is 1.70. The van der Waals surface area contributed by atoms with Gasteiger partial charge in [0.25, 0.3) is 0 Å². The highest BCUT2D eigenvalue weighted by molar-refractivity contribution is 7.99. The number of aromatic nitrogens is 4. The molecule has 2 rings (SSSR count). The summed E-state index contributed by atoms with van der Waals surface area (Å²) in [6, 6.07) is 4.13. The summed E-state index contributed by atoms with van der Waals surface area (Å²) in [6.45, 7) is 6.60. The monoisotopic (exact) mass is 325 g/mol. The van der Waals surface area contributed by atoms with Crippen molar-refractivity contribution in [2.75, 3.05) is 5.75 Å². The molecule has 21 heavy (non-hydrogen) atoms. The smallest absolute Gasteiger partial charge is 0.230 e. The summed E-state index contributed by atoms with van der Waals surface area (Å²) in [5.41, 5.74) is -0.220. The van der Waals surface area contributed by atoms with E-state index in [1.807, 2.05) is 26.8 Å². The summed E-state index contributed by atoms with van der Waals surface area (Å²) in [5.74, 6) is 0.303. The van der Waals surface area contributed by atoms with Crippen molar-refractivity contribution in [3.8, 4) is 0 Å². The van der Waals surface area contributed by atoms with Crippen LogP contribution in [-0.4, -0.2) is 37.4 Å². The van der Waals surface area contributed by atoms with Crippen LogP contribution in [0.4, 0.5) is 0 Å². The van der Waals surface area contributed by atoms with Crippen LogP contribution < -0.4 is 5.32 Å². The molecular weight excluding hydrogens is 306 g/mol. The zero-order valence-corrected chi connectivity index (χ0v) is 14.0. The summed E-state index contributed by atoms with van der Waals surface area (Å²) < 4.78 is 1.74. The second-order valence-corrected chi connectivity index (χ2v) is 7.58. The molecule has 6 nitrogen and oxygen atoms in total. The molecular formula is C13H19N5OS2. The highest BCUT2D eigenvalue weighted by atomic mass is 32.2. The Morgan fingerprint density at radius 3 is 2.95 bits per heavy atom. The molecule has 8 heteroatoms. The summed E-state index contributed by atoms with van der Waals surface area (Å²) in [7, 11) is 0. The van der Waals surface area contributed by atoms with Crippen molar-refractivity contribution in [3.05, 3.63) is 22.4 Å². The molecule has 2 heterocycles.